The Hall–Kier alpha value is -1.49. The molecule has 0 saturated heterocycles. The molecule has 0 aliphatic rings. The Kier molecular flexibility index (Phi) is 4.14. The summed E-state index contributed by atoms with van der Waals surface area (Å²) in [5.41, 5.74) is 0.828. The number of hydrogen-bond donors (Lipinski definition) is 1. The van der Waals surface area contributed by atoms with Gasteiger partial charge in [-0.1, -0.05) is 22.0 Å². The normalized spacial score (nSPS) is 12.3. The molecule has 0 heterocycles. The maximum absolute atomic E-state index is 13.5. The van der Waals surface area contributed by atoms with Crippen LogP contribution in [-0.4, -0.2) is 0 Å². The highest BCUT2D eigenvalue weighted by Gasteiger charge is 2.12. The molecule has 0 aliphatic carbocycles. The van der Waals surface area contributed by atoms with Crippen LogP contribution in [-0.2, 0) is 0 Å². The van der Waals surface area contributed by atoms with Gasteiger partial charge in [0, 0.05) is 10.5 Å². The molecule has 0 fully saturated rings. The van der Waals surface area contributed by atoms with Gasteiger partial charge in [0.1, 0.15) is 17.5 Å². The van der Waals surface area contributed by atoms with Crippen molar-refractivity contribution >= 4 is 21.6 Å². The van der Waals surface area contributed by atoms with Crippen molar-refractivity contribution in [3.8, 4) is 0 Å². The fraction of sp³-hybridized carbons (Fsp3) is 0.143. The van der Waals surface area contributed by atoms with Crippen LogP contribution in [0.1, 0.15) is 18.5 Å². The van der Waals surface area contributed by atoms with E-state index in [4.69, 9.17) is 0 Å². The zero-order valence-electron chi connectivity index (χ0n) is 10.1. The van der Waals surface area contributed by atoms with Crippen LogP contribution in [0.4, 0.5) is 18.9 Å². The van der Waals surface area contributed by atoms with Gasteiger partial charge in [-0.15, -0.1) is 0 Å². The quantitative estimate of drug-likeness (QED) is 0.831. The molecule has 1 unspecified atom stereocenters. The highest BCUT2D eigenvalue weighted by Crippen LogP contribution is 2.28. The number of halogens is 4. The first-order valence-corrected chi connectivity index (χ1v) is 6.43. The lowest BCUT2D eigenvalue weighted by molar-refractivity contribution is 0.600. The molecule has 0 radical (unpaired) electrons. The van der Waals surface area contributed by atoms with Gasteiger partial charge in [-0.05, 0) is 42.8 Å². The van der Waals surface area contributed by atoms with Crippen molar-refractivity contribution in [2.45, 2.75) is 13.0 Å². The van der Waals surface area contributed by atoms with E-state index < -0.39 is 11.6 Å². The molecule has 1 atom stereocenters. The molecule has 0 amide bonds. The summed E-state index contributed by atoms with van der Waals surface area (Å²) in [6.07, 6.45) is 0. The largest absolute Gasteiger partial charge is 0.376 e. The Morgan fingerprint density at radius 3 is 2.32 bits per heavy atom. The smallest absolute Gasteiger partial charge is 0.146 e. The molecule has 0 bridgehead atoms. The summed E-state index contributed by atoms with van der Waals surface area (Å²) in [6.45, 7) is 1.78. The van der Waals surface area contributed by atoms with Gasteiger partial charge in [0.05, 0.1) is 5.69 Å². The second-order valence-corrected chi connectivity index (χ2v) is 5.01. The molecule has 2 rings (SSSR count). The van der Waals surface area contributed by atoms with Gasteiger partial charge in [-0.2, -0.15) is 0 Å². The van der Waals surface area contributed by atoms with E-state index in [1.165, 1.54) is 12.1 Å². The SMILES string of the molecule is CC(Nc1cc(F)ccc1F)c1ccc(F)cc1Br. The van der Waals surface area contributed by atoms with Crippen molar-refractivity contribution in [2.24, 2.45) is 0 Å². The molecular weight excluding hydrogens is 319 g/mol. The fourth-order valence-corrected chi connectivity index (χ4v) is 2.47. The molecule has 1 N–H and O–H groups in total. The van der Waals surface area contributed by atoms with E-state index in [1.807, 2.05) is 0 Å². The Labute approximate surface area is 117 Å². The average molecular weight is 330 g/mol. The van der Waals surface area contributed by atoms with Gasteiger partial charge in [-0.25, -0.2) is 13.2 Å². The van der Waals surface area contributed by atoms with E-state index in [0.717, 1.165) is 23.8 Å². The topological polar surface area (TPSA) is 12.0 Å². The van der Waals surface area contributed by atoms with Crippen molar-refractivity contribution in [3.63, 3.8) is 0 Å². The van der Waals surface area contributed by atoms with Gasteiger partial charge in [0.15, 0.2) is 0 Å². The van der Waals surface area contributed by atoms with Crippen LogP contribution >= 0.6 is 15.9 Å². The monoisotopic (exact) mass is 329 g/mol. The molecule has 0 aliphatic heterocycles. The van der Waals surface area contributed by atoms with Crippen molar-refractivity contribution in [3.05, 3.63) is 63.9 Å². The van der Waals surface area contributed by atoms with Crippen LogP contribution in [0.15, 0.2) is 40.9 Å². The molecule has 19 heavy (non-hydrogen) atoms. The summed E-state index contributed by atoms with van der Waals surface area (Å²) in [4.78, 5) is 0. The van der Waals surface area contributed by atoms with Crippen molar-refractivity contribution in [2.75, 3.05) is 5.32 Å². The minimum absolute atomic E-state index is 0.0729. The molecule has 2 aromatic rings. The lowest BCUT2D eigenvalue weighted by atomic mass is 10.1. The average Bonchev–Trinajstić information content (AvgIpc) is 2.33. The molecule has 0 aromatic heterocycles. The minimum Gasteiger partial charge on any atom is -0.376 e. The third kappa shape index (κ3) is 3.29. The van der Waals surface area contributed by atoms with Crippen LogP contribution in [0.5, 0.6) is 0 Å². The van der Waals surface area contributed by atoms with Gasteiger partial charge >= 0.3 is 0 Å². The summed E-state index contributed by atoms with van der Waals surface area (Å²) in [5.74, 6) is -1.42. The van der Waals surface area contributed by atoms with E-state index >= 15 is 0 Å². The van der Waals surface area contributed by atoms with Gasteiger partial charge in [0.25, 0.3) is 0 Å². The standard InChI is InChI=1S/C14H11BrF3N/c1-8(11-4-2-9(16)6-12(11)15)19-14-7-10(17)3-5-13(14)18/h2-8,19H,1H3. The van der Waals surface area contributed by atoms with Gasteiger partial charge in [-0.3, -0.25) is 0 Å². The molecule has 2 aromatic carbocycles. The van der Waals surface area contributed by atoms with E-state index in [9.17, 15) is 13.2 Å². The van der Waals surface area contributed by atoms with Crippen LogP contribution < -0.4 is 5.32 Å². The number of benzene rings is 2. The summed E-state index contributed by atoms with van der Waals surface area (Å²) in [5, 5.41) is 2.86. The molecule has 1 nitrogen and oxygen atoms in total. The molecule has 100 valence electrons. The van der Waals surface area contributed by atoms with Crippen LogP contribution in [0.2, 0.25) is 0 Å². The van der Waals surface area contributed by atoms with Crippen LogP contribution in [0, 0.1) is 17.5 Å². The molecular formula is C14H11BrF3N. The van der Waals surface area contributed by atoms with E-state index in [0.29, 0.717) is 4.47 Å². The predicted octanol–water partition coefficient (Wildman–Crippen LogP) is 5.04. The molecule has 0 spiro atoms. The zero-order chi connectivity index (χ0) is 14.0. The Bertz CT molecular complexity index is 601. The Balaban J connectivity index is 2.25. The van der Waals surface area contributed by atoms with Crippen molar-refractivity contribution < 1.29 is 13.2 Å². The van der Waals surface area contributed by atoms with E-state index in [1.54, 1.807) is 13.0 Å². The lowest BCUT2D eigenvalue weighted by Gasteiger charge is -2.17. The van der Waals surface area contributed by atoms with Crippen LogP contribution in [0.3, 0.4) is 0 Å². The van der Waals surface area contributed by atoms with Crippen molar-refractivity contribution in [1.29, 1.82) is 0 Å². The maximum atomic E-state index is 13.5. The summed E-state index contributed by atoms with van der Waals surface area (Å²) in [6, 6.07) is 7.14. The third-order valence-electron chi connectivity index (χ3n) is 2.73. The second kappa shape index (κ2) is 5.65. The summed E-state index contributed by atoms with van der Waals surface area (Å²) < 4.78 is 40.1. The first kappa shape index (κ1) is 13.9. The second-order valence-electron chi connectivity index (χ2n) is 4.16. The fourth-order valence-electron chi connectivity index (χ4n) is 1.77. The van der Waals surface area contributed by atoms with Crippen molar-refractivity contribution in [1.82, 2.24) is 0 Å². The van der Waals surface area contributed by atoms with E-state index in [-0.39, 0.29) is 17.5 Å². The lowest BCUT2D eigenvalue weighted by Crippen LogP contribution is -2.09. The Morgan fingerprint density at radius 1 is 1.00 bits per heavy atom. The number of anilines is 1. The van der Waals surface area contributed by atoms with E-state index in [2.05, 4.69) is 21.2 Å². The predicted molar refractivity (Wildman–Crippen MR) is 72.5 cm³/mol. The molecule has 5 heteroatoms. The first-order valence-electron chi connectivity index (χ1n) is 5.64. The Morgan fingerprint density at radius 2 is 1.63 bits per heavy atom. The molecule has 0 saturated carbocycles. The number of rotatable bonds is 3. The summed E-state index contributed by atoms with van der Waals surface area (Å²) >= 11 is 3.25. The highest BCUT2D eigenvalue weighted by atomic mass is 79.9. The summed E-state index contributed by atoms with van der Waals surface area (Å²) in [7, 11) is 0. The highest BCUT2D eigenvalue weighted by molar-refractivity contribution is 9.10. The van der Waals surface area contributed by atoms with Gasteiger partial charge < -0.3 is 5.32 Å². The first-order chi connectivity index (χ1) is 8.97. The number of hydrogen-bond acceptors (Lipinski definition) is 1. The number of nitrogens with one attached hydrogen (secondary N) is 1. The zero-order valence-corrected chi connectivity index (χ0v) is 11.6. The third-order valence-corrected chi connectivity index (χ3v) is 3.42. The van der Waals surface area contributed by atoms with Gasteiger partial charge in [0.2, 0.25) is 0 Å². The minimum atomic E-state index is -0.536. The van der Waals surface area contributed by atoms with Crippen LogP contribution in [0.25, 0.3) is 0 Å². The maximum Gasteiger partial charge on any atom is 0.146 e.